The highest BCUT2D eigenvalue weighted by Gasteiger charge is 2.12. The highest BCUT2D eigenvalue weighted by molar-refractivity contribution is 7.90. The van der Waals surface area contributed by atoms with Crippen molar-refractivity contribution in [3.63, 3.8) is 0 Å². The minimum absolute atomic E-state index is 0.0308. The first-order valence-corrected chi connectivity index (χ1v) is 10.2. The maximum absolute atomic E-state index is 11.0. The molecule has 0 radical (unpaired) electrons. The number of ether oxygens (including phenoxy) is 1. The van der Waals surface area contributed by atoms with Gasteiger partial charge in [-0.1, -0.05) is 18.2 Å². The molecule has 0 aliphatic rings. The molecule has 1 aromatic heterocycles. The van der Waals surface area contributed by atoms with Crippen molar-refractivity contribution >= 4 is 26.8 Å². The summed E-state index contributed by atoms with van der Waals surface area (Å²) in [6, 6.07) is 9.82. The number of hydrogen-bond donors (Lipinski definition) is 2. The van der Waals surface area contributed by atoms with Gasteiger partial charge in [-0.15, -0.1) is 0 Å². The van der Waals surface area contributed by atoms with Crippen LogP contribution in [0.15, 0.2) is 39.7 Å². The molecule has 138 valence electrons. The molecule has 0 saturated carbocycles. The second kappa shape index (κ2) is 8.87. The maximum Gasteiger partial charge on any atom is 0.191 e. The molecule has 0 bridgehead atoms. The van der Waals surface area contributed by atoms with Crippen LogP contribution in [0.1, 0.15) is 18.7 Å². The van der Waals surface area contributed by atoms with Crippen molar-refractivity contribution in [3.8, 4) is 0 Å². The van der Waals surface area contributed by atoms with Gasteiger partial charge in [-0.3, -0.25) is 4.99 Å². The summed E-state index contributed by atoms with van der Waals surface area (Å²) in [5.74, 6) is 1.48. The van der Waals surface area contributed by atoms with Crippen molar-refractivity contribution < 1.29 is 17.6 Å². The molecule has 2 aromatic rings. The summed E-state index contributed by atoms with van der Waals surface area (Å²) >= 11 is 0. The van der Waals surface area contributed by atoms with Crippen LogP contribution in [0, 0.1) is 0 Å². The van der Waals surface area contributed by atoms with Gasteiger partial charge >= 0.3 is 0 Å². The first-order chi connectivity index (χ1) is 11.9. The number of nitrogens with zero attached hydrogens (tertiary/aromatic N) is 1. The van der Waals surface area contributed by atoms with Crippen molar-refractivity contribution in [2.45, 2.75) is 13.0 Å². The van der Waals surface area contributed by atoms with Gasteiger partial charge in [-0.2, -0.15) is 0 Å². The Morgan fingerprint density at radius 2 is 2.08 bits per heavy atom. The van der Waals surface area contributed by atoms with Crippen molar-refractivity contribution in [2.24, 2.45) is 4.99 Å². The first-order valence-electron chi connectivity index (χ1n) is 8.10. The van der Waals surface area contributed by atoms with Gasteiger partial charge in [0.25, 0.3) is 0 Å². The number of nitrogens with one attached hydrogen (secondary N) is 2. The second-order valence-corrected chi connectivity index (χ2v) is 8.05. The van der Waals surface area contributed by atoms with E-state index in [1.54, 1.807) is 7.05 Å². The summed E-state index contributed by atoms with van der Waals surface area (Å²) in [6.45, 7) is 3.11. The van der Waals surface area contributed by atoms with Gasteiger partial charge in [0.05, 0.1) is 25.0 Å². The molecule has 7 nitrogen and oxygen atoms in total. The Morgan fingerprint density at radius 3 is 2.76 bits per heavy atom. The number of hydrogen-bond acceptors (Lipinski definition) is 5. The van der Waals surface area contributed by atoms with Crippen LogP contribution in [0.25, 0.3) is 11.0 Å². The summed E-state index contributed by atoms with van der Waals surface area (Å²) in [5, 5.41) is 7.44. The van der Waals surface area contributed by atoms with Gasteiger partial charge in [0, 0.05) is 25.2 Å². The minimum Gasteiger partial charge on any atom is -0.459 e. The lowest BCUT2D eigenvalue weighted by Gasteiger charge is -2.16. The second-order valence-electron chi connectivity index (χ2n) is 5.79. The molecule has 0 aliphatic heterocycles. The number of rotatable bonds is 8. The first kappa shape index (κ1) is 19.3. The lowest BCUT2D eigenvalue weighted by atomic mass is 10.2. The number of para-hydroxylation sites is 1. The Morgan fingerprint density at radius 1 is 1.32 bits per heavy atom. The fourth-order valence-electron chi connectivity index (χ4n) is 2.24. The zero-order valence-corrected chi connectivity index (χ0v) is 15.6. The molecule has 1 unspecified atom stereocenters. The summed E-state index contributed by atoms with van der Waals surface area (Å²) in [6.07, 6.45) is 1.19. The monoisotopic (exact) mass is 367 g/mol. The normalized spacial score (nSPS) is 13.8. The third kappa shape index (κ3) is 6.39. The molecular formula is C17H25N3O4S. The van der Waals surface area contributed by atoms with Crippen LogP contribution in [0.4, 0.5) is 0 Å². The van der Waals surface area contributed by atoms with Crippen LogP contribution in [0.2, 0.25) is 0 Å². The predicted molar refractivity (Wildman–Crippen MR) is 99.7 cm³/mol. The largest absolute Gasteiger partial charge is 0.459 e. The molecule has 2 N–H and O–H groups in total. The van der Waals surface area contributed by atoms with Gasteiger partial charge in [0.1, 0.15) is 21.2 Å². The number of guanidine groups is 1. The molecule has 2 rings (SSSR count). The molecular weight excluding hydrogens is 342 g/mol. The molecule has 1 aromatic carbocycles. The van der Waals surface area contributed by atoms with Gasteiger partial charge in [0.15, 0.2) is 5.96 Å². The molecule has 0 saturated heterocycles. The van der Waals surface area contributed by atoms with Gasteiger partial charge < -0.3 is 19.8 Å². The van der Waals surface area contributed by atoms with Gasteiger partial charge in [-0.25, -0.2) is 8.42 Å². The van der Waals surface area contributed by atoms with E-state index in [0.717, 1.165) is 16.7 Å². The minimum atomic E-state index is -2.98. The number of aliphatic imine (C=N–C) groups is 1. The molecule has 1 heterocycles. The summed E-state index contributed by atoms with van der Waals surface area (Å²) in [4.78, 5) is 4.17. The number of sulfone groups is 1. The molecule has 1 atom stereocenters. The Balaban J connectivity index is 1.77. The fourth-order valence-corrected chi connectivity index (χ4v) is 2.66. The molecule has 8 heteroatoms. The van der Waals surface area contributed by atoms with E-state index in [4.69, 9.17) is 9.15 Å². The third-order valence-corrected chi connectivity index (χ3v) is 4.49. The smallest absolute Gasteiger partial charge is 0.191 e. The predicted octanol–water partition coefficient (Wildman–Crippen LogP) is 1.72. The van der Waals surface area contributed by atoms with E-state index in [-0.39, 0.29) is 18.4 Å². The number of fused-ring (bicyclic) bond motifs is 1. The summed E-state index contributed by atoms with van der Waals surface area (Å²) in [5.41, 5.74) is 0.855. The SMILES string of the molecule is CN=C(NCCOCCS(C)(=O)=O)NC(C)c1cc2ccccc2o1. The summed E-state index contributed by atoms with van der Waals surface area (Å²) in [7, 11) is -1.30. The van der Waals surface area contributed by atoms with E-state index in [1.165, 1.54) is 6.26 Å². The molecule has 0 fully saturated rings. The molecule has 0 amide bonds. The number of furan rings is 1. The summed E-state index contributed by atoms with van der Waals surface area (Å²) < 4.78 is 33.1. The highest BCUT2D eigenvalue weighted by atomic mass is 32.2. The van der Waals surface area contributed by atoms with Crippen molar-refractivity contribution in [2.75, 3.05) is 38.8 Å². The standard InChI is InChI=1S/C17H25N3O4S/c1-13(16-12-14-6-4-5-7-15(14)24-16)20-17(18-2)19-8-9-23-10-11-25(3,21)22/h4-7,12-13H,8-11H2,1-3H3,(H2,18,19,20). The van der Waals surface area contributed by atoms with Crippen LogP contribution in [-0.2, 0) is 14.6 Å². The average Bonchev–Trinajstić information content (AvgIpc) is 3.00. The van der Waals surface area contributed by atoms with E-state index in [9.17, 15) is 8.42 Å². The molecule has 0 aliphatic carbocycles. The van der Waals surface area contributed by atoms with E-state index < -0.39 is 9.84 Å². The van der Waals surface area contributed by atoms with Gasteiger partial charge in [-0.05, 0) is 19.1 Å². The highest BCUT2D eigenvalue weighted by Crippen LogP contribution is 2.23. The zero-order chi connectivity index (χ0) is 18.3. The lowest BCUT2D eigenvalue weighted by Crippen LogP contribution is -2.40. The Kier molecular flexibility index (Phi) is 6.83. The average molecular weight is 367 g/mol. The van der Waals surface area contributed by atoms with Crippen LogP contribution in [0.3, 0.4) is 0 Å². The Hall–Kier alpha value is -2.06. The Labute approximate surface area is 148 Å². The third-order valence-electron chi connectivity index (χ3n) is 3.59. The quantitative estimate of drug-likeness (QED) is 0.419. The van der Waals surface area contributed by atoms with Gasteiger partial charge in [0.2, 0.25) is 0 Å². The lowest BCUT2D eigenvalue weighted by molar-refractivity contribution is 0.154. The van der Waals surface area contributed by atoms with E-state index in [0.29, 0.717) is 19.1 Å². The molecule has 0 spiro atoms. The van der Waals surface area contributed by atoms with Crippen molar-refractivity contribution in [1.82, 2.24) is 10.6 Å². The van der Waals surface area contributed by atoms with E-state index >= 15 is 0 Å². The van der Waals surface area contributed by atoms with Crippen LogP contribution in [0.5, 0.6) is 0 Å². The molecule has 25 heavy (non-hydrogen) atoms. The van der Waals surface area contributed by atoms with Crippen LogP contribution < -0.4 is 10.6 Å². The van der Waals surface area contributed by atoms with E-state index in [1.807, 2.05) is 37.3 Å². The topological polar surface area (TPSA) is 92.9 Å². The maximum atomic E-state index is 11.0. The van der Waals surface area contributed by atoms with Crippen LogP contribution >= 0.6 is 0 Å². The van der Waals surface area contributed by atoms with Crippen molar-refractivity contribution in [1.29, 1.82) is 0 Å². The number of benzene rings is 1. The van der Waals surface area contributed by atoms with E-state index in [2.05, 4.69) is 15.6 Å². The fraction of sp³-hybridized carbons (Fsp3) is 0.471. The zero-order valence-electron chi connectivity index (χ0n) is 14.8. The van der Waals surface area contributed by atoms with Crippen molar-refractivity contribution in [3.05, 3.63) is 36.1 Å². The van der Waals surface area contributed by atoms with Crippen LogP contribution in [-0.4, -0.2) is 53.2 Å². The Bertz CT molecular complexity index is 781.